The fourth-order valence-corrected chi connectivity index (χ4v) is 3.89. The Bertz CT molecular complexity index is 678. The van der Waals surface area contributed by atoms with Crippen molar-refractivity contribution in [2.45, 2.75) is 6.10 Å². The highest BCUT2D eigenvalue weighted by atomic mass is 32.2. The van der Waals surface area contributed by atoms with Gasteiger partial charge in [-0.05, 0) is 12.2 Å². The first kappa shape index (κ1) is 19.0. The van der Waals surface area contributed by atoms with Crippen molar-refractivity contribution in [3.05, 3.63) is 23.8 Å². The molecule has 0 aliphatic carbocycles. The molecule has 2 saturated heterocycles. The van der Waals surface area contributed by atoms with Gasteiger partial charge in [0.1, 0.15) is 11.8 Å². The van der Waals surface area contributed by atoms with Crippen LogP contribution in [0.3, 0.4) is 0 Å². The minimum Gasteiger partial charge on any atom is -0.474 e. The number of hydrogen-bond acceptors (Lipinski definition) is 6. The van der Waals surface area contributed by atoms with Crippen LogP contribution in [0.15, 0.2) is 12.1 Å². The molecule has 6 nitrogen and oxygen atoms in total. The summed E-state index contributed by atoms with van der Waals surface area (Å²) in [5.74, 6) is 0.303. The van der Waals surface area contributed by atoms with Crippen LogP contribution in [0.1, 0.15) is 0 Å². The molecule has 0 aromatic heterocycles. The topological polar surface area (TPSA) is 54.0 Å². The quantitative estimate of drug-likeness (QED) is 0.775. The van der Waals surface area contributed by atoms with Crippen LogP contribution in [-0.2, 0) is 9.47 Å². The third-order valence-electron chi connectivity index (χ3n) is 4.17. The second-order valence-corrected chi connectivity index (χ2v) is 7.44. The molecule has 1 amide bonds. The minimum absolute atomic E-state index is 0.0368. The number of nitrogens with one attached hydrogen (secondary N) is 1. The second-order valence-electron chi connectivity index (χ2n) is 5.85. The number of ether oxygens (including phenoxy) is 2. The maximum absolute atomic E-state index is 14.6. The number of halogens is 2. The first-order valence-electron chi connectivity index (χ1n) is 8.11. The van der Waals surface area contributed by atoms with Crippen molar-refractivity contribution in [2.24, 2.45) is 0 Å². The molecule has 0 spiro atoms. The van der Waals surface area contributed by atoms with Gasteiger partial charge in [-0.1, -0.05) is 0 Å². The number of rotatable bonds is 4. The number of benzene rings is 1. The summed E-state index contributed by atoms with van der Waals surface area (Å²) in [5.41, 5.74) is 0.0993. The van der Waals surface area contributed by atoms with Gasteiger partial charge in [0.05, 0.1) is 25.9 Å². The zero-order valence-corrected chi connectivity index (χ0v) is 15.8. The van der Waals surface area contributed by atoms with Gasteiger partial charge in [-0.3, -0.25) is 4.90 Å². The monoisotopic (exact) mass is 403 g/mol. The van der Waals surface area contributed by atoms with E-state index in [1.165, 1.54) is 24.1 Å². The van der Waals surface area contributed by atoms with Crippen molar-refractivity contribution < 1.29 is 23.0 Å². The summed E-state index contributed by atoms with van der Waals surface area (Å²) >= 11 is 6.62. The van der Waals surface area contributed by atoms with Crippen molar-refractivity contribution in [3.8, 4) is 0 Å². The van der Waals surface area contributed by atoms with Gasteiger partial charge in [0.15, 0.2) is 11.6 Å². The lowest BCUT2D eigenvalue weighted by atomic mass is 10.2. The number of carbonyl (C=O) groups excluding carboxylic acids is 1. The average Bonchev–Trinajstić information content (AvgIpc) is 3.00. The molecule has 10 heteroatoms. The fourth-order valence-electron chi connectivity index (χ4n) is 2.91. The van der Waals surface area contributed by atoms with Crippen LogP contribution in [0.25, 0.3) is 0 Å². The van der Waals surface area contributed by atoms with Gasteiger partial charge >= 0.3 is 6.09 Å². The summed E-state index contributed by atoms with van der Waals surface area (Å²) in [6.45, 7) is 1.60. The number of thiocarbonyl (C=S) groups is 1. The van der Waals surface area contributed by atoms with Gasteiger partial charge in [0, 0.05) is 36.7 Å². The summed E-state index contributed by atoms with van der Waals surface area (Å²) in [5, 5.41) is 2.97. The SMILES string of the molecule is COC(=S)NC[C@H]1CN(c2cc(F)c(N3CCSCC3)c(F)c2)C(=O)O1. The third kappa shape index (κ3) is 4.12. The van der Waals surface area contributed by atoms with Crippen LogP contribution >= 0.6 is 24.0 Å². The Hall–Kier alpha value is -1.81. The number of hydrogen-bond donors (Lipinski definition) is 1. The zero-order valence-electron chi connectivity index (χ0n) is 14.2. The number of carbonyl (C=O) groups is 1. The lowest BCUT2D eigenvalue weighted by molar-refractivity contribution is 0.142. The molecule has 2 aliphatic rings. The lowest BCUT2D eigenvalue weighted by Gasteiger charge is -2.29. The molecule has 26 heavy (non-hydrogen) atoms. The first-order valence-corrected chi connectivity index (χ1v) is 9.67. The summed E-state index contributed by atoms with van der Waals surface area (Å²) in [6.07, 6.45) is -1.15. The van der Waals surface area contributed by atoms with Gasteiger partial charge < -0.3 is 19.7 Å². The third-order valence-corrected chi connectivity index (χ3v) is 5.43. The molecule has 1 N–H and O–H groups in total. The van der Waals surface area contributed by atoms with E-state index < -0.39 is 23.8 Å². The Morgan fingerprint density at radius 3 is 2.65 bits per heavy atom. The average molecular weight is 403 g/mol. The van der Waals surface area contributed by atoms with Crippen LogP contribution in [0.5, 0.6) is 0 Å². The van der Waals surface area contributed by atoms with Gasteiger partial charge in [-0.25, -0.2) is 13.6 Å². The molecule has 142 valence electrons. The normalized spacial score (nSPS) is 20.1. The van der Waals surface area contributed by atoms with Gasteiger partial charge in [-0.2, -0.15) is 11.8 Å². The molecule has 3 rings (SSSR count). The first-order chi connectivity index (χ1) is 12.5. The van der Waals surface area contributed by atoms with E-state index in [4.69, 9.17) is 21.7 Å². The Balaban J connectivity index is 1.73. The molecule has 1 aromatic rings. The van der Waals surface area contributed by atoms with Crippen molar-refractivity contribution in [1.82, 2.24) is 5.32 Å². The Morgan fingerprint density at radius 2 is 2.04 bits per heavy atom. The fraction of sp³-hybridized carbons (Fsp3) is 0.500. The Labute approximate surface area is 159 Å². The number of anilines is 2. The van der Waals surface area contributed by atoms with Gasteiger partial charge in [0.2, 0.25) is 0 Å². The minimum atomic E-state index is -0.679. The van der Waals surface area contributed by atoms with E-state index in [0.717, 1.165) is 11.5 Å². The maximum atomic E-state index is 14.6. The Kier molecular flexibility index (Phi) is 6.02. The molecular weight excluding hydrogens is 384 g/mol. The number of methoxy groups -OCH3 is 1. The largest absolute Gasteiger partial charge is 0.474 e. The lowest BCUT2D eigenvalue weighted by Crippen LogP contribution is -2.35. The van der Waals surface area contributed by atoms with Crippen molar-refractivity contribution in [1.29, 1.82) is 0 Å². The van der Waals surface area contributed by atoms with Gasteiger partial charge in [-0.15, -0.1) is 0 Å². The van der Waals surface area contributed by atoms with Crippen molar-refractivity contribution >= 4 is 46.6 Å². The molecule has 0 bridgehead atoms. The predicted octanol–water partition coefficient (Wildman–Crippen LogP) is 2.36. The molecule has 0 radical (unpaired) electrons. The summed E-state index contributed by atoms with van der Waals surface area (Å²) in [6, 6.07) is 2.36. The predicted molar refractivity (Wildman–Crippen MR) is 101 cm³/mol. The highest BCUT2D eigenvalue weighted by Crippen LogP contribution is 2.32. The van der Waals surface area contributed by atoms with E-state index in [1.54, 1.807) is 16.7 Å². The van der Waals surface area contributed by atoms with E-state index in [0.29, 0.717) is 13.1 Å². The number of cyclic esters (lactones) is 1. The van der Waals surface area contributed by atoms with E-state index in [9.17, 15) is 13.6 Å². The van der Waals surface area contributed by atoms with Gasteiger partial charge in [0.25, 0.3) is 5.17 Å². The standard InChI is InChI=1S/C16H19F2N3O3S2/c1-23-15(25)19-8-11-9-21(16(22)24-11)10-6-12(17)14(13(18)7-10)20-2-4-26-5-3-20/h6-7,11H,2-5,8-9H2,1H3,(H,19,25)/t11-/m0/s1. The van der Waals surface area contributed by atoms with Crippen molar-refractivity contribution in [2.75, 3.05) is 54.6 Å². The van der Waals surface area contributed by atoms with Crippen LogP contribution in [0.4, 0.5) is 25.0 Å². The number of amides is 1. The van der Waals surface area contributed by atoms with Crippen LogP contribution in [0.2, 0.25) is 0 Å². The highest BCUT2D eigenvalue weighted by molar-refractivity contribution is 7.99. The molecule has 2 heterocycles. The van der Waals surface area contributed by atoms with E-state index >= 15 is 0 Å². The molecule has 1 atom stereocenters. The van der Waals surface area contributed by atoms with E-state index in [1.807, 2.05) is 0 Å². The van der Waals surface area contributed by atoms with Crippen LogP contribution in [-0.4, -0.2) is 62.2 Å². The van der Waals surface area contributed by atoms with E-state index in [2.05, 4.69) is 5.32 Å². The molecule has 2 aliphatic heterocycles. The molecule has 2 fully saturated rings. The highest BCUT2D eigenvalue weighted by Gasteiger charge is 2.33. The summed E-state index contributed by atoms with van der Waals surface area (Å²) in [4.78, 5) is 15.0. The zero-order chi connectivity index (χ0) is 18.7. The number of thioether (sulfide) groups is 1. The van der Waals surface area contributed by atoms with Crippen LogP contribution in [0, 0.1) is 11.6 Å². The second kappa shape index (κ2) is 8.26. The smallest absolute Gasteiger partial charge is 0.414 e. The molecule has 0 unspecified atom stereocenters. The molecule has 0 saturated carbocycles. The van der Waals surface area contributed by atoms with Crippen molar-refractivity contribution in [3.63, 3.8) is 0 Å². The number of nitrogens with zero attached hydrogens (tertiary/aromatic N) is 2. The summed E-state index contributed by atoms with van der Waals surface area (Å²) in [7, 11) is 1.43. The molecular formula is C16H19F2N3O3S2. The van der Waals surface area contributed by atoms with Crippen LogP contribution < -0.4 is 15.1 Å². The Morgan fingerprint density at radius 1 is 1.38 bits per heavy atom. The maximum Gasteiger partial charge on any atom is 0.414 e. The molecule has 1 aromatic carbocycles. The van der Waals surface area contributed by atoms with E-state index in [-0.39, 0.29) is 29.6 Å². The summed E-state index contributed by atoms with van der Waals surface area (Å²) < 4.78 is 39.1.